The van der Waals surface area contributed by atoms with E-state index in [1.807, 2.05) is 0 Å². The van der Waals surface area contributed by atoms with Crippen LogP contribution in [0.5, 0.6) is 0 Å². The zero-order chi connectivity index (χ0) is 16.3. The smallest absolute Gasteiger partial charge is 0.407 e. The summed E-state index contributed by atoms with van der Waals surface area (Å²) in [6.07, 6.45) is 1.74. The van der Waals surface area contributed by atoms with Gasteiger partial charge in [-0.15, -0.1) is 0 Å². The van der Waals surface area contributed by atoms with Gasteiger partial charge in [0.1, 0.15) is 5.60 Å². The number of carbonyl (C=O) groups excluding carboxylic acids is 1. The molecule has 1 N–H and O–H groups in total. The summed E-state index contributed by atoms with van der Waals surface area (Å²) in [6, 6.07) is 2.85. The van der Waals surface area contributed by atoms with Crippen LogP contribution in [0.1, 0.15) is 27.2 Å². The quantitative estimate of drug-likeness (QED) is 0.678. The van der Waals surface area contributed by atoms with Gasteiger partial charge in [-0.2, -0.15) is 0 Å². The molecule has 1 saturated heterocycles. The molecule has 1 fully saturated rings. The minimum Gasteiger partial charge on any atom is -0.444 e. The summed E-state index contributed by atoms with van der Waals surface area (Å²) in [4.78, 5) is 28.3. The molecule has 0 spiro atoms. The van der Waals surface area contributed by atoms with Crippen LogP contribution in [-0.4, -0.2) is 40.7 Å². The molecule has 8 nitrogen and oxygen atoms in total. The molecular formula is C14H20N4O4. The van der Waals surface area contributed by atoms with Gasteiger partial charge >= 0.3 is 11.8 Å². The molecule has 0 aliphatic carbocycles. The van der Waals surface area contributed by atoms with Crippen LogP contribution < -0.4 is 10.2 Å². The monoisotopic (exact) mass is 308 g/mol. The lowest BCUT2D eigenvalue weighted by atomic mass is 10.2. The maximum atomic E-state index is 11.8. The molecule has 0 saturated carbocycles. The molecule has 0 radical (unpaired) electrons. The first-order chi connectivity index (χ1) is 10.3. The predicted octanol–water partition coefficient (Wildman–Crippen LogP) is 2.09. The van der Waals surface area contributed by atoms with Gasteiger partial charge in [-0.3, -0.25) is 10.1 Å². The number of nitro groups is 1. The fourth-order valence-corrected chi connectivity index (χ4v) is 2.32. The van der Waals surface area contributed by atoms with Gasteiger partial charge in [-0.1, -0.05) is 0 Å². The van der Waals surface area contributed by atoms with Crippen molar-refractivity contribution in [1.29, 1.82) is 0 Å². The van der Waals surface area contributed by atoms with Gasteiger partial charge in [0.15, 0.2) is 0 Å². The predicted molar refractivity (Wildman–Crippen MR) is 80.9 cm³/mol. The highest BCUT2D eigenvalue weighted by Gasteiger charge is 2.30. The van der Waals surface area contributed by atoms with E-state index in [0.29, 0.717) is 25.3 Å². The number of aromatic nitrogens is 1. The number of rotatable bonds is 3. The van der Waals surface area contributed by atoms with Crippen molar-refractivity contribution in [2.24, 2.45) is 0 Å². The maximum Gasteiger partial charge on any atom is 0.407 e. The molecule has 120 valence electrons. The van der Waals surface area contributed by atoms with Crippen LogP contribution in [0, 0.1) is 10.1 Å². The van der Waals surface area contributed by atoms with E-state index in [-0.39, 0.29) is 11.7 Å². The lowest BCUT2D eigenvalue weighted by Crippen LogP contribution is -2.40. The third kappa shape index (κ3) is 4.06. The van der Waals surface area contributed by atoms with E-state index in [1.165, 1.54) is 18.3 Å². The van der Waals surface area contributed by atoms with Crippen molar-refractivity contribution in [3.8, 4) is 0 Å². The Kier molecular flexibility index (Phi) is 4.48. The molecule has 22 heavy (non-hydrogen) atoms. The minimum absolute atomic E-state index is 0.0274. The van der Waals surface area contributed by atoms with Crippen LogP contribution in [0.4, 0.5) is 16.3 Å². The van der Waals surface area contributed by atoms with Gasteiger partial charge < -0.3 is 15.0 Å². The SMILES string of the molecule is CC(C)(C)OC(=O)N[C@@H]1CCN(c2ncccc2[N+](=O)[O-])C1. The highest BCUT2D eigenvalue weighted by atomic mass is 16.6. The second-order valence-electron chi connectivity index (χ2n) is 6.18. The van der Waals surface area contributed by atoms with Gasteiger partial charge in [0.25, 0.3) is 0 Å². The third-order valence-electron chi connectivity index (χ3n) is 3.17. The summed E-state index contributed by atoms with van der Waals surface area (Å²) in [5, 5.41) is 13.8. The second-order valence-corrected chi connectivity index (χ2v) is 6.18. The molecule has 2 rings (SSSR count). The maximum absolute atomic E-state index is 11.8. The van der Waals surface area contributed by atoms with Crippen molar-refractivity contribution in [1.82, 2.24) is 10.3 Å². The second kappa shape index (κ2) is 6.17. The number of hydrogen-bond donors (Lipinski definition) is 1. The molecule has 1 atom stereocenters. The molecule has 0 bridgehead atoms. The lowest BCUT2D eigenvalue weighted by molar-refractivity contribution is -0.384. The first kappa shape index (κ1) is 16.0. The fourth-order valence-electron chi connectivity index (χ4n) is 2.32. The summed E-state index contributed by atoms with van der Waals surface area (Å²) in [5.41, 5.74) is -0.581. The first-order valence-corrected chi connectivity index (χ1v) is 7.10. The average Bonchev–Trinajstić information content (AvgIpc) is 2.84. The summed E-state index contributed by atoms with van der Waals surface area (Å²) < 4.78 is 5.21. The van der Waals surface area contributed by atoms with Gasteiger partial charge in [0, 0.05) is 25.4 Å². The summed E-state index contributed by atoms with van der Waals surface area (Å²) >= 11 is 0. The summed E-state index contributed by atoms with van der Waals surface area (Å²) in [6.45, 7) is 6.45. The van der Waals surface area contributed by atoms with Crippen LogP contribution in [0.2, 0.25) is 0 Å². The highest BCUT2D eigenvalue weighted by Crippen LogP contribution is 2.27. The largest absolute Gasteiger partial charge is 0.444 e. The number of anilines is 1. The zero-order valence-corrected chi connectivity index (χ0v) is 12.9. The summed E-state index contributed by atoms with van der Waals surface area (Å²) in [5.74, 6) is 0.334. The number of pyridine rings is 1. The van der Waals surface area contributed by atoms with E-state index in [1.54, 1.807) is 25.7 Å². The molecule has 8 heteroatoms. The molecule has 1 aliphatic heterocycles. The molecular weight excluding hydrogens is 288 g/mol. The van der Waals surface area contributed by atoms with E-state index >= 15 is 0 Å². The van der Waals surface area contributed by atoms with E-state index in [2.05, 4.69) is 10.3 Å². The van der Waals surface area contributed by atoms with E-state index in [4.69, 9.17) is 4.74 Å². The minimum atomic E-state index is -0.553. The van der Waals surface area contributed by atoms with Crippen molar-refractivity contribution in [3.63, 3.8) is 0 Å². The number of carbonyl (C=O) groups is 1. The van der Waals surface area contributed by atoms with Gasteiger partial charge in [0.05, 0.1) is 11.0 Å². The molecule has 1 aliphatic rings. The van der Waals surface area contributed by atoms with Crippen molar-refractivity contribution >= 4 is 17.6 Å². The molecule has 1 aromatic rings. The zero-order valence-electron chi connectivity index (χ0n) is 12.9. The fraction of sp³-hybridized carbons (Fsp3) is 0.571. The number of hydrogen-bond acceptors (Lipinski definition) is 6. The molecule has 1 aromatic heterocycles. The number of ether oxygens (including phenoxy) is 1. The molecule has 2 heterocycles. The van der Waals surface area contributed by atoms with E-state index < -0.39 is 16.6 Å². The Morgan fingerprint density at radius 3 is 2.91 bits per heavy atom. The van der Waals surface area contributed by atoms with Gasteiger partial charge in [0.2, 0.25) is 5.82 Å². The number of alkyl carbamates (subject to hydrolysis) is 1. The van der Waals surface area contributed by atoms with Crippen LogP contribution in [0.15, 0.2) is 18.3 Å². The van der Waals surface area contributed by atoms with E-state index in [0.717, 1.165) is 0 Å². The van der Waals surface area contributed by atoms with Crippen LogP contribution in [0.3, 0.4) is 0 Å². The Labute approximate surface area is 128 Å². The van der Waals surface area contributed by atoms with Crippen LogP contribution in [-0.2, 0) is 4.74 Å². The van der Waals surface area contributed by atoms with Crippen molar-refractivity contribution in [2.75, 3.05) is 18.0 Å². The average molecular weight is 308 g/mol. The Morgan fingerprint density at radius 1 is 1.55 bits per heavy atom. The summed E-state index contributed by atoms with van der Waals surface area (Å²) in [7, 11) is 0. The standard InChI is InChI=1S/C14H20N4O4/c1-14(2,3)22-13(19)16-10-6-8-17(9-10)12-11(18(20)21)5-4-7-15-12/h4-5,7,10H,6,8-9H2,1-3H3,(H,16,19)/t10-/m1/s1. The van der Waals surface area contributed by atoms with Crippen LogP contribution in [0.25, 0.3) is 0 Å². The van der Waals surface area contributed by atoms with Crippen molar-refractivity contribution < 1.29 is 14.5 Å². The van der Waals surface area contributed by atoms with Crippen molar-refractivity contribution in [2.45, 2.75) is 38.8 Å². The lowest BCUT2D eigenvalue weighted by Gasteiger charge is -2.22. The molecule has 1 amide bonds. The first-order valence-electron chi connectivity index (χ1n) is 7.10. The molecule has 0 unspecified atom stereocenters. The van der Waals surface area contributed by atoms with Crippen molar-refractivity contribution in [3.05, 3.63) is 28.4 Å². The van der Waals surface area contributed by atoms with Gasteiger partial charge in [-0.05, 0) is 33.3 Å². The van der Waals surface area contributed by atoms with Crippen LogP contribution >= 0.6 is 0 Å². The topological polar surface area (TPSA) is 97.6 Å². The molecule has 0 aromatic carbocycles. The third-order valence-corrected chi connectivity index (χ3v) is 3.17. The van der Waals surface area contributed by atoms with E-state index in [9.17, 15) is 14.9 Å². The Hall–Kier alpha value is -2.38. The highest BCUT2D eigenvalue weighted by molar-refractivity contribution is 5.68. The normalized spacial score (nSPS) is 18.1. The number of amides is 1. The Balaban J connectivity index is 1.99. The number of nitrogens with zero attached hydrogens (tertiary/aromatic N) is 3. The Morgan fingerprint density at radius 2 is 2.27 bits per heavy atom. The number of nitrogens with one attached hydrogen (secondary N) is 1. The Bertz CT molecular complexity index is 570. The van der Waals surface area contributed by atoms with Gasteiger partial charge in [-0.25, -0.2) is 9.78 Å².